The van der Waals surface area contributed by atoms with E-state index in [-0.39, 0.29) is 25.0 Å². The number of alkyl carbamates (subject to hydrolysis) is 1. The van der Waals surface area contributed by atoms with Crippen LogP contribution in [0.3, 0.4) is 0 Å². The topological polar surface area (TPSA) is 115 Å². The zero-order chi connectivity index (χ0) is 23.1. The summed E-state index contributed by atoms with van der Waals surface area (Å²) in [5, 5.41) is 22.8. The number of carbonyl (C=O) groups is 2. The highest BCUT2D eigenvalue weighted by Crippen LogP contribution is 2.22. The van der Waals surface area contributed by atoms with E-state index >= 15 is 0 Å². The smallest absolute Gasteiger partial charge is 0.464 e. The predicted molar refractivity (Wildman–Crippen MR) is 121 cm³/mol. The number of nitrogens with one attached hydrogen (secondary N) is 1. The molecule has 2 aromatic rings. The molecule has 1 unspecified atom stereocenters. The summed E-state index contributed by atoms with van der Waals surface area (Å²) < 4.78 is 10.8. The second-order valence-electron chi connectivity index (χ2n) is 8.22. The summed E-state index contributed by atoms with van der Waals surface area (Å²) in [5.74, 6) is -1.08. The van der Waals surface area contributed by atoms with E-state index in [0.717, 1.165) is 23.8 Å². The van der Waals surface area contributed by atoms with Crippen molar-refractivity contribution in [3.8, 4) is 0 Å². The van der Waals surface area contributed by atoms with Gasteiger partial charge in [-0.3, -0.25) is 4.79 Å². The second kappa shape index (κ2) is 11.2. The highest BCUT2D eigenvalue weighted by atomic mass is 16.5. The minimum atomic E-state index is -1.78. The summed E-state index contributed by atoms with van der Waals surface area (Å²) in [6, 6.07) is 7.19. The number of carbonyl (C=O) groups excluding carboxylic acids is 2. The number of para-hydroxylation sites is 1. The molecule has 2 atom stereocenters. The first-order valence-corrected chi connectivity index (χ1v) is 10.7. The van der Waals surface area contributed by atoms with E-state index in [2.05, 4.69) is 5.32 Å². The Morgan fingerprint density at radius 1 is 1.38 bits per heavy atom. The lowest BCUT2D eigenvalue weighted by molar-refractivity contribution is -0.127. The lowest BCUT2D eigenvalue weighted by Gasteiger charge is -2.24. The van der Waals surface area contributed by atoms with Gasteiger partial charge in [-0.05, 0) is 45.0 Å². The van der Waals surface area contributed by atoms with Crippen LogP contribution in [0.15, 0.2) is 47.1 Å². The lowest BCUT2D eigenvalue weighted by Crippen LogP contribution is -2.48. The van der Waals surface area contributed by atoms with Crippen LogP contribution < -0.4 is 5.32 Å². The summed E-state index contributed by atoms with van der Waals surface area (Å²) in [5.41, 5.74) is 1.43. The third-order valence-electron chi connectivity index (χ3n) is 5.46. The highest BCUT2D eigenvalue weighted by molar-refractivity contribution is 6.43. The number of benzene rings is 1. The fraction of sp³-hybridized carbons (Fsp3) is 0.455. The van der Waals surface area contributed by atoms with Crippen LogP contribution in [0.1, 0.15) is 18.4 Å². The molecule has 1 aliphatic heterocycles. The van der Waals surface area contributed by atoms with Crippen molar-refractivity contribution in [2.24, 2.45) is 0 Å². The number of hydrogen-bond donors (Lipinski definition) is 3. The van der Waals surface area contributed by atoms with Crippen molar-refractivity contribution >= 4 is 30.1 Å². The van der Waals surface area contributed by atoms with E-state index in [1.165, 1.54) is 0 Å². The van der Waals surface area contributed by atoms with Gasteiger partial charge in [0.05, 0.1) is 18.2 Å². The van der Waals surface area contributed by atoms with Gasteiger partial charge in [0.1, 0.15) is 12.2 Å². The number of likely N-dealkylation sites (N-methyl/N-ethyl adjacent to an activating group) is 1. The summed E-state index contributed by atoms with van der Waals surface area (Å²) in [4.78, 5) is 28.4. The molecule has 1 aliphatic rings. The number of fused-ring (bicyclic) bond motifs is 1. The van der Waals surface area contributed by atoms with Crippen molar-refractivity contribution in [2.75, 3.05) is 33.8 Å². The van der Waals surface area contributed by atoms with E-state index in [4.69, 9.17) is 9.15 Å². The maximum absolute atomic E-state index is 12.4. The van der Waals surface area contributed by atoms with E-state index in [9.17, 15) is 19.6 Å². The average Bonchev–Trinajstić information content (AvgIpc) is 3.38. The molecule has 0 aliphatic carbocycles. The molecule has 0 bridgehead atoms. The van der Waals surface area contributed by atoms with Crippen molar-refractivity contribution < 1.29 is 28.8 Å². The summed E-state index contributed by atoms with van der Waals surface area (Å²) in [6.07, 6.45) is 5.87. The van der Waals surface area contributed by atoms with E-state index < -0.39 is 19.2 Å². The zero-order valence-electron chi connectivity index (χ0n) is 18.4. The number of likely N-dealkylation sites (tertiary alicyclic amines) is 1. The third-order valence-corrected chi connectivity index (χ3v) is 5.46. The quantitative estimate of drug-likeness (QED) is 0.394. The molecule has 1 aromatic heterocycles. The van der Waals surface area contributed by atoms with Crippen LogP contribution >= 0.6 is 0 Å². The Balaban J connectivity index is 1.53. The van der Waals surface area contributed by atoms with Gasteiger partial charge < -0.3 is 34.3 Å². The predicted octanol–water partition coefficient (Wildman–Crippen LogP) is 1.19. The molecule has 2 heterocycles. The SMILES string of the molecule is CN(C)C/C=C/C(=O)N1CCCC1COC(=O)N[C@@H](Cc1coc2ccccc12)B(O)O. The minimum Gasteiger partial charge on any atom is -0.464 e. The molecule has 1 aromatic carbocycles. The molecule has 0 spiro atoms. The molecular formula is C22H30BN3O6. The molecule has 3 rings (SSSR count). The number of nitrogens with zero attached hydrogens (tertiary/aromatic N) is 2. The fourth-order valence-electron chi connectivity index (χ4n) is 3.78. The van der Waals surface area contributed by atoms with Crippen LogP contribution in [0.25, 0.3) is 11.0 Å². The average molecular weight is 443 g/mol. The number of furan rings is 1. The van der Waals surface area contributed by atoms with Gasteiger partial charge in [-0.15, -0.1) is 0 Å². The minimum absolute atomic E-state index is 0.0436. The molecule has 1 saturated heterocycles. The molecule has 1 fully saturated rings. The first-order chi connectivity index (χ1) is 15.3. The maximum Gasteiger partial charge on any atom is 0.475 e. The molecule has 32 heavy (non-hydrogen) atoms. The summed E-state index contributed by atoms with van der Waals surface area (Å²) >= 11 is 0. The van der Waals surface area contributed by atoms with Crippen molar-refractivity contribution in [2.45, 2.75) is 31.2 Å². The summed E-state index contributed by atoms with van der Waals surface area (Å²) in [7, 11) is 2.07. The molecule has 10 heteroatoms. The first kappa shape index (κ1) is 23.8. The maximum atomic E-state index is 12.4. The van der Waals surface area contributed by atoms with Gasteiger partial charge in [-0.25, -0.2) is 4.79 Å². The normalized spacial score (nSPS) is 17.3. The fourth-order valence-corrected chi connectivity index (χ4v) is 3.78. The van der Waals surface area contributed by atoms with Crippen LogP contribution in [0.4, 0.5) is 4.79 Å². The van der Waals surface area contributed by atoms with Crippen LogP contribution in [-0.2, 0) is 16.0 Å². The van der Waals surface area contributed by atoms with Gasteiger partial charge in [0.25, 0.3) is 0 Å². The van der Waals surface area contributed by atoms with Crippen LogP contribution in [0, 0.1) is 0 Å². The third kappa shape index (κ3) is 6.35. The number of ether oxygens (including phenoxy) is 1. The summed E-state index contributed by atoms with van der Waals surface area (Å²) in [6.45, 7) is 1.33. The molecule has 2 amide bonds. The monoisotopic (exact) mass is 443 g/mol. The number of rotatable bonds is 9. The second-order valence-corrected chi connectivity index (χ2v) is 8.22. The Labute approximate surface area is 187 Å². The van der Waals surface area contributed by atoms with Crippen LogP contribution in [0.2, 0.25) is 0 Å². The Bertz CT molecular complexity index is 945. The zero-order valence-corrected chi connectivity index (χ0v) is 18.4. The van der Waals surface area contributed by atoms with E-state index in [1.807, 2.05) is 43.3 Å². The van der Waals surface area contributed by atoms with E-state index in [0.29, 0.717) is 18.7 Å². The number of amides is 2. The van der Waals surface area contributed by atoms with Crippen LogP contribution in [0.5, 0.6) is 0 Å². The van der Waals surface area contributed by atoms with Gasteiger partial charge in [0.2, 0.25) is 5.91 Å². The Morgan fingerprint density at radius 2 is 2.16 bits per heavy atom. The molecular weight excluding hydrogens is 413 g/mol. The van der Waals surface area contributed by atoms with Crippen molar-refractivity contribution in [1.82, 2.24) is 15.1 Å². The Kier molecular flexibility index (Phi) is 8.32. The van der Waals surface area contributed by atoms with Gasteiger partial charge in [0.15, 0.2) is 0 Å². The van der Waals surface area contributed by atoms with Crippen molar-refractivity contribution in [1.29, 1.82) is 0 Å². The van der Waals surface area contributed by atoms with Crippen molar-refractivity contribution in [3.63, 3.8) is 0 Å². The van der Waals surface area contributed by atoms with Crippen molar-refractivity contribution in [3.05, 3.63) is 48.2 Å². The van der Waals surface area contributed by atoms with Gasteiger partial charge >= 0.3 is 13.2 Å². The number of hydrogen-bond acceptors (Lipinski definition) is 7. The molecule has 3 N–H and O–H groups in total. The van der Waals surface area contributed by atoms with Gasteiger partial charge in [0, 0.05) is 24.6 Å². The molecule has 9 nitrogen and oxygen atoms in total. The van der Waals surface area contributed by atoms with Crippen LogP contribution in [-0.4, -0.2) is 84.7 Å². The van der Waals surface area contributed by atoms with Gasteiger partial charge in [-0.1, -0.05) is 24.3 Å². The van der Waals surface area contributed by atoms with E-state index in [1.54, 1.807) is 23.3 Å². The Morgan fingerprint density at radius 3 is 2.91 bits per heavy atom. The lowest BCUT2D eigenvalue weighted by atomic mass is 9.76. The Hall–Kier alpha value is -2.82. The molecule has 0 radical (unpaired) electrons. The largest absolute Gasteiger partial charge is 0.475 e. The standard InChI is InChI=1S/C22H30BN3O6/c1-25(2)11-6-10-21(27)26-12-5-7-17(26)15-32-22(28)24-20(23(29)30)13-16-14-31-19-9-4-3-8-18(16)19/h3-4,6,8-10,14,17,20,29-30H,5,7,11-13,15H2,1-2H3,(H,24,28)/b10-6+/t17?,20-/m0/s1. The highest BCUT2D eigenvalue weighted by Gasteiger charge is 2.30. The van der Waals surface area contributed by atoms with Gasteiger partial charge in [-0.2, -0.15) is 0 Å². The first-order valence-electron chi connectivity index (χ1n) is 10.7. The molecule has 0 saturated carbocycles. The molecule has 172 valence electrons.